The fraction of sp³-hybridized carbons (Fsp3) is 0.310. The lowest BCUT2D eigenvalue weighted by Crippen LogP contribution is -2.52. The molecule has 1 aliphatic carbocycles. The zero-order chi connectivity index (χ0) is 29.7. The van der Waals surface area contributed by atoms with Crippen molar-refractivity contribution in [2.75, 3.05) is 28.3 Å². The molecule has 1 aliphatic heterocycles. The molecule has 1 fully saturated rings. The number of fused-ring (bicyclic) bond motifs is 3. The highest BCUT2D eigenvalue weighted by atomic mass is 32.2. The van der Waals surface area contributed by atoms with E-state index in [4.69, 9.17) is 14.2 Å². The summed E-state index contributed by atoms with van der Waals surface area (Å²) in [7, 11) is 1.09. The van der Waals surface area contributed by atoms with Crippen molar-refractivity contribution in [3.05, 3.63) is 89.0 Å². The van der Waals surface area contributed by atoms with Gasteiger partial charge in [-0.15, -0.1) is 0 Å². The fourth-order valence-electron chi connectivity index (χ4n) is 6.04. The molecule has 41 heavy (non-hydrogen) atoms. The molecule has 5 atom stereocenters. The molecule has 11 nitrogen and oxygen atoms in total. The van der Waals surface area contributed by atoms with Crippen LogP contribution in [0.3, 0.4) is 0 Å². The number of rotatable bonds is 7. The van der Waals surface area contributed by atoms with Gasteiger partial charge in [0, 0.05) is 32.1 Å². The third-order valence-corrected chi connectivity index (χ3v) is 9.31. The van der Waals surface area contributed by atoms with E-state index in [1.54, 1.807) is 48.5 Å². The molecule has 0 aromatic heterocycles. The van der Waals surface area contributed by atoms with E-state index in [1.165, 1.54) is 46.5 Å². The Morgan fingerprint density at radius 3 is 2.29 bits per heavy atom. The molecule has 1 heterocycles. The first-order valence-electron chi connectivity index (χ1n) is 12.6. The smallest absolute Gasteiger partial charge is 0.303 e. The first kappa shape index (κ1) is 28.4. The zero-order valence-corrected chi connectivity index (χ0v) is 23.5. The van der Waals surface area contributed by atoms with Crippen LogP contribution in [0.25, 0.3) is 0 Å². The van der Waals surface area contributed by atoms with E-state index in [9.17, 15) is 28.7 Å². The number of amides is 1. The van der Waals surface area contributed by atoms with Gasteiger partial charge in [-0.1, -0.05) is 42.5 Å². The van der Waals surface area contributed by atoms with Crippen LogP contribution in [0.5, 0.6) is 17.2 Å². The summed E-state index contributed by atoms with van der Waals surface area (Å²) < 4.78 is 46.0. The molecule has 0 spiro atoms. The Kier molecular flexibility index (Phi) is 6.95. The molecular formula is C29H29N3O8S. The maximum Gasteiger partial charge on any atom is 0.303 e. The standard InChI is InChI=1S/C29H29N3O8S/c1-32(2)41(36,37)31-27(34)23-24(18-8-6-5-7-9-18)29(19-12-10-17(16-30)11-13-19)28(35,26(23)33)25-21(39-4)14-20(38-3)15-22(25)40-29/h5-15,23-24,26,33,35H,1-4H3,(H,31,34)/t23-,24-,26-,28+,29+/m1/s1. The summed E-state index contributed by atoms with van der Waals surface area (Å²) in [5.41, 5.74) is -2.97. The monoisotopic (exact) mass is 579 g/mol. The normalized spacial score (nSPS) is 26.4. The Hall–Kier alpha value is -4.15. The summed E-state index contributed by atoms with van der Waals surface area (Å²) in [6.45, 7) is 0. The van der Waals surface area contributed by atoms with Gasteiger partial charge in [-0.3, -0.25) is 4.79 Å². The third-order valence-electron chi connectivity index (χ3n) is 7.89. The average Bonchev–Trinajstić information content (AvgIpc) is 3.35. The largest absolute Gasteiger partial charge is 0.496 e. The predicted molar refractivity (Wildman–Crippen MR) is 146 cm³/mol. The summed E-state index contributed by atoms with van der Waals surface area (Å²) in [6.07, 6.45) is -1.88. The van der Waals surface area contributed by atoms with Crippen LogP contribution in [-0.4, -0.2) is 63.3 Å². The predicted octanol–water partition coefficient (Wildman–Crippen LogP) is 1.75. The van der Waals surface area contributed by atoms with E-state index < -0.39 is 45.3 Å². The minimum Gasteiger partial charge on any atom is -0.496 e. The molecule has 0 saturated heterocycles. The van der Waals surface area contributed by atoms with Crippen LogP contribution in [0.4, 0.5) is 0 Å². The number of aliphatic hydroxyl groups is 2. The topological polar surface area (TPSA) is 158 Å². The number of ether oxygens (including phenoxy) is 3. The van der Waals surface area contributed by atoms with Crippen molar-refractivity contribution >= 4 is 16.1 Å². The Morgan fingerprint density at radius 1 is 1.07 bits per heavy atom. The average molecular weight is 580 g/mol. The van der Waals surface area contributed by atoms with E-state index in [-0.39, 0.29) is 17.1 Å². The first-order chi connectivity index (χ1) is 19.5. The number of aliphatic hydroxyl groups excluding tert-OH is 1. The first-order valence-corrected chi connectivity index (χ1v) is 14.1. The van der Waals surface area contributed by atoms with E-state index in [0.717, 1.165) is 4.31 Å². The van der Waals surface area contributed by atoms with E-state index in [0.29, 0.717) is 22.4 Å². The highest BCUT2D eigenvalue weighted by Crippen LogP contribution is 2.70. The second kappa shape index (κ2) is 10.0. The molecule has 1 amide bonds. The van der Waals surface area contributed by atoms with Crippen LogP contribution in [-0.2, 0) is 26.2 Å². The number of nitrogens with one attached hydrogen (secondary N) is 1. The van der Waals surface area contributed by atoms with Crippen molar-refractivity contribution in [2.24, 2.45) is 5.92 Å². The second-order valence-corrected chi connectivity index (χ2v) is 12.0. The lowest BCUT2D eigenvalue weighted by molar-refractivity contribution is -0.154. The number of benzene rings is 3. The van der Waals surface area contributed by atoms with Crippen LogP contribution in [0.1, 0.15) is 28.2 Å². The van der Waals surface area contributed by atoms with Gasteiger partial charge in [-0.05, 0) is 23.3 Å². The van der Waals surface area contributed by atoms with Crippen molar-refractivity contribution in [1.82, 2.24) is 9.03 Å². The Bertz CT molecular complexity index is 1640. The van der Waals surface area contributed by atoms with Gasteiger partial charge in [0.25, 0.3) is 0 Å². The summed E-state index contributed by atoms with van der Waals surface area (Å²) in [6, 6.07) is 20.0. The highest BCUT2D eigenvalue weighted by molar-refractivity contribution is 7.87. The van der Waals surface area contributed by atoms with Crippen LogP contribution in [0.15, 0.2) is 66.7 Å². The summed E-state index contributed by atoms with van der Waals surface area (Å²) >= 11 is 0. The van der Waals surface area contributed by atoms with Crippen LogP contribution in [0, 0.1) is 17.2 Å². The minimum atomic E-state index is -4.26. The molecule has 2 aliphatic rings. The Morgan fingerprint density at radius 2 is 1.73 bits per heavy atom. The second-order valence-electron chi connectivity index (χ2n) is 10.1. The SMILES string of the molecule is COc1cc(OC)c2c(c1)O[C@@]1(c3ccc(C#N)cc3)[C@H](c3ccccc3)[C@@H](C(=O)NS(=O)(=O)N(C)C)[C@@H](O)[C@@]21O. The molecule has 3 N–H and O–H groups in total. The lowest BCUT2D eigenvalue weighted by Gasteiger charge is -2.40. The molecule has 0 unspecified atom stereocenters. The van der Waals surface area contributed by atoms with E-state index in [1.807, 2.05) is 4.72 Å². The quantitative estimate of drug-likeness (QED) is 0.379. The van der Waals surface area contributed by atoms with Crippen molar-refractivity contribution in [3.8, 4) is 23.3 Å². The molecule has 214 valence electrons. The van der Waals surface area contributed by atoms with Gasteiger partial charge in [0.05, 0.1) is 37.3 Å². The van der Waals surface area contributed by atoms with Crippen LogP contribution >= 0.6 is 0 Å². The van der Waals surface area contributed by atoms with Gasteiger partial charge in [-0.25, -0.2) is 4.72 Å². The molecule has 1 saturated carbocycles. The van der Waals surface area contributed by atoms with Gasteiger partial charge in [0.15, 0.2) is 11.2 Å². The van der Waals surface area contributed by atoms with Gasteiger partial charge >= 0.3 is 10.2 Å². The molecular weight excluding hydrogens is 550 g/mol. The minimum absolute atomic E-state index is 0.0735. The van der Waals surface area contributed by atoms with Gasteiger partial charge < -0.3 is 24.4 Å². The maximum absolute atomic E-state index is 13.8. The molecule has 0 radical (unpaired) electrons. The summed E-state index contributed by atoms with van der Waals surface area (Å²) in [4.78, 5) is 13.8. The van der Waals surface area contributed by atoms with Crippen LogP contribution < -0.4 is 18.9 Å². The molecule has 12 heteroatoms. The Labute approximate surface area is 237 Å². The molecule has 3 aromatic rings. The lowest BCUT2D eigenvalue weighted by atomic mass is 9.70. The van der Waals surface area contributed by atoms with Crippen molar-refractivity contribution in [2.45, 2.75) is 23.2 Å². The van der Waals surface area contributed by atoms with Gasteiger partial charge in [0.1, 0.15) is 23.4 Å². The van der Waals surface area contributed by atoms with Crippen LogP contribution in [0.2, 0.25) is 0 Å². The molecule has 5 rings (SSSR count). The third kappa shape index (κ3) is 4.04. The van der Waals surface area contributed by atoms with Gasteiger partial charge in [-0.2, -0.15) is 18.0 Å². The molecule has 3 aromatic carbocycles. The fourth-order valence-corrected chi connectivity index (χ4v) is 6.61. The van der Waals surface area contributed by atoms with Crippen molar-refractivity contribution in [1.29, 1.82) is 5.26 Å². The number of carbonyl (C=O) groups excluding carboxylic acids is 1. The maximum atomic E-state index is 13.8. The van der Waals surface area contributed by atoms with Crippen molar-refractivity contribution < 1.29 is 37.6 Å². The summed E-state index contributed by atoms with van der Waals surface area (Å²) in [5, 5.41) is 34.3. The number of methoxy groups -OCH3 is 2. The van der Waals surface area contributed by atoms with E-state index >= 15 is 0 Å². The van der Waals surface area contributed by atoms with Gasteiger partial charge in [0.2, 0.25) is 5.91 Å². The highest BCUT2D eigenvalue weighted by Gasteiger charge is 2.78. The molecule has 0 bridgehead atoms. The number of nitrogens with zero attached hydrogens (tertiary/aromatic N) is 2. The zero-order valence-electron chi connectivity index (χ0n) is 22.7. The van der Waals surface area contributed by atoms with Crippen molar-refractivity contribution in [3.63, 3.8) is 0 Å². The number of hydrogen-bond acceptors (Lipinski definition) is 9. The van der Waals surface area contributed by atoms with E-state index in [2.05, 4.69) is 6.07 Å². The summed E-state index contributed by atoms with van der Waals surface area (Å²) in [5.74, 6) is -3.05. The number of hydrogen-bond donors (Lipinski definition) is 3. The number of carbonyl (C=O) groups is 1. The Balaban J connectivity index is 1.85. The number of nitriles is 1.